The number of anilines is 1. The molecule has 2 fully saturated rings. The Hall–Kier alpha value is -1.99. The van der Waals surface area contributed by atoms with Gasteiger partial charge in [-0.05, 0) is 45.0 Å². The van der Waals surface area contributed by atoms with Crippen LogP contribution in [0.4, 0.5) is 5.69 Å². The summed E-state index contributed by atoms with van der Waals surface area (Å²) < 4.78 is 11.7. The number of likely N-dealkylation sites (tertiary alicyclic amines) is 1. The molecule has 1 unspecified atom stereocenters. The van der Waals surface area contributed by atoms with Gasteiger partial charge < -0.3 is 25.4 Å². The molecule has 1 saturated carbocycles. The van der Waals surface area contributed by atoms with Crippen LogP contribution in [0.1, 0.15) is 25.7 Å². The number of nitrogens with one attached hydrogen (secondary N) is 3. The van der Waals surface area contributed by atoms with Crippen LogP contribution >= 0.6 is 0 Å². The van der Waals surface area contributed by atoms with E-state index < -0.39 is 0 Å². The number of nitrogens with zero attached hydrogens (tertiary/aromatic N) is 2. The molecule has 0 spiro atoms. The number of aliphatic imine (C=N–C) groups is 1. The molecule has 148 valence electrons. The van der Waals surface area contributed by atoms with E-state index in [1.165, 1.54) is 25.8 Å². The quantitative estimate of drug-likeness (QED) is 0.678. The summed E-state index contributed by atoms with van der Waals surface area (Å²) in [6.07, 6.45) is 5.21. The number of benzene rings is 1. The molecular weight excluding hydrogens is 342 g/mol. The third-order valence-corrected chi connectivity index (χ3v) is 5.63. The lowest BCUT2D eigenvalue weighted by molar-refractivity contribution is 0.230. The standard InChI is InChI=1S/C20H31N5O2/c1-21-19-7-9-22-20(24-19)23-15-3-6-17(26-2)18(11-15)27-13-14-8-10-25(12-14)16-4-5-16/h3,6,11,14,16,19,21H,4-5,7-10,12-13H2,1-2H3,(H2,22,23,24)/t14-,19?/m1/s1. The van der Waals surface area contributed by atoms with Crippen molar-refractivity contribution in [1.29, 1.82) is 0 Å². The summed E-state index contributed by atoms with van der Waals surface area (Å²) in [6.45, 7) is 3.93. The van der Waals surface area contributed by atoms with Gasteiger partial charge in [0.05, 0.1) is 19.9 Å². The number of methoxy groups -OCH3 is 1. The first-order valence-electron chi connectivity index (χ1n) is 10.1. The Morgan fingerprint density at radius 1 is 1.22 bits per heavy atom. The van der Waals surface area contributed by atoms with Crippen LogP contribution in [0.25, 0.3) is 0 Å². The average Bonchev–Trinajstić information content (AvgIpc) is 3.45. The predicted octanol–water partition coefficient (Wildman–Crippen LogP) is 1.86. The van der Waals surface area contributed by atoms with E-state index in [1.54, 1.807) is 7.11 Å². The van der Waals surface area contributed by atoms with Crippen molar-refractivity contribution in [2.24, 2.45) is 10.9 Å². The van der Waals surface area contributed by atoms with Crippen LogP contribution in [0, 0.1) is 5.92 Å². The summed E-state index contributed by atoms with van der Waals surface area (Å²) in [4.78, 5) is 7.13. The molecule has 1 saturated heterocycles. The Labute approximate surface area is 161 Å². The molecule has 0 amide bonds. The van der Waals surface area contributed by atoms with Crippen LogP contribution in [-0.2, 0) is 0 Å². The van der Waals surface area contributed by atoms with E-state index in [0.29, 0.717) is 5.92 Å². The molecule has 2 atom stereocenters. The monoisotopic (exact) mass is 373 g/mol. The molecule has 7 nitrogen and oxygen atoms in total. The van der Waals surface area contributed by atoms with Crippen LogP contribution in [0.3, 0.4) is 0 Å². The first-order valence-corrected chi connectivity index (χ1v) is 10.1. The molecule has 1 aromatic carbocycles. The maximum Gasteiger partial charge on any atom is 0.197 e. The van der Waals surface area contributed by atoms with Crippen LogP contribution < -0.4 is 25.4 Å². The third-order valence-electron chi connectivity index (χ3n) is 5.63. The summed E-state index contributed by atoms with van der Waals surface area (Å²) in [6, 6.07) is 6.78. The smallest absolute Gasteiger partial charge is 0.197 e. The maximum absolute atomic E-state index is 6.17. The van der Waals surface area contributed by atoms with Gasteiger partial charge in [-0.1, -0.05) is 0 Å². The zero-order valence-electron chi connectivity index (χ0n) is 16.3. The van der Waals surface area contributed by atoms with Gasteiger partial charge in [0.25, 0.3) is 0 Å². The third kappa shape index (κ3) is 4.65. The number of hydrogen-bond acceptors (Lipinski definition) is 7. The first-order chi connectivity index (χ1) is 13.2. The molecule has 27 heavy (non-hydrogen) atoms. The van der Waals surface area contributed by atoms with Gasteiger partial charge in [-0.25, -0.2) is 0 Å². The van der Waals surface area contributed by atoms with Crippen molar-refractivity contribution in [3.8, 4) is 11.5 Å². The van der Waals surface area contributed by atoms with Crippen molar-refractivity contribution < 1.29 is 9.47 Å². The second-order valence-corrected chi connectivity index (χ2v) is 7.69. The number of ether oxygens (including phenoxy) is 2. The molecule has 3 N–H and O–H groups in total. The molecule has 2 aliphatic heterocycles. The van der Waals surface area contributed by atoms with E-state index in [4.69, 9.17) is 9.47 Å². The minimum atomic E-state index is 0.246. The fourth-order valence-electron chi connectivity index (χ4n) is 3.86. The second-order valence-electron chi connectivity index (χ2n) is 7.69. The molecule has 0 radical (unpaired) electrons. The molecule has 2 heterocycles. The van der Waals surface area contributed by atoms with Gasteiger partial charge >= 0.3 is 0 Å². The van der Waals surface area contributed by atoms with Gasteiger partial charge in [-0.2, -0.15) is 0 Å². The van der Waals surface area contributed by atoms with Crippen LogP contribution in [0.5, 0.6) is 11.5 Å². The lowest BCUT2D eigenvalue weighted by atomic mass is 10.1. The highest BCUT2D eigenvalue weighted by molar-refractivity contribution is 5.94. The topological polar surface area (TPSA) is 70.2 Å². The normalized spacial score (nSPS) is 25.6. The van der Waals surface area contributed by atoms with E-state index in [1.807, 2.05) is 25.2 Å². The summed E-state index contributed by atoms with van der Waals surface area (Å²) >= 11 is 0. The van der Waals surface area contributed by atoms with Gasteiger partial charge in [0.2, 0.25) is 0 Å². The summed E-state index contributed by atoms with van der Waals surface area (Å²) in [5.74, 6) is 2.94. The van der Waals surface area contributed by atoms with E-state index in [9.17, 15) is 0 Å². The predicted molar refractivity (Wildman–Crippen MR) is 108 cm³/mol. The van der Waals surface area contributed by atoms with E-state index >= 15 is 0 Å². The van der Waals surface area contributed by atoms with Gasteiger partial charge in [0.1, 0.15) is 0 Å². The van der Waals surface area contributed by atoms with Crippen molar-refractivity contribution in [2.45, 2.75) is 37.9 Å². The minimum absolute atomic E-state index is 0.246. The Kier molecular flexibility index (Phi) is 5.69. The SMILES string of the molecule is CNC1CCN=C(Nc2ccc(OC)c(OC[C@@H]3CCN(C4CC4)C3)c2)N1. The van der Waals surface area contributed by atoms with Gasteiger partial charge in [0.15, 0.2) is 17.5 Å². The maximum atomic E-state index is 6.17. The van der Waals surface area contributed by atoms with Crippen LogP contribution in [0.15, 0.2) is 23.2 Å². The van der Waals surface area contributed by atoms with Crippen LogP contribution in [-0.4, -0.2) is 63.5 Å². The Morgan fingerprint density at radius 3 is 2.89 bits per heavy atom. The molecule has 1 aliphatic carbocycles. The molecular formula is C20H31N5O2. The highest BCUT2D eigenvalue weighted by atomic mass is 16.5. The second kappa shape index (κ2) is 8.35. The molecule has 4 rings (SSSR count). The number of guanidine groups is 1. The van der Waals surface area contributed by atoms with Crippen molar-refractivity contribution in [1.82, 2.24) is 15.5 Å². The van der Waals surface area contributed by atoms with Crippen molar-refractivity contribution >= 4 is 11.6 Å². The van der Waals surface area contributed by atoms with E-state index in [0.717, 1.165) is 55.3 Å². The van der Waals surface area contributed by atoms with Crippen molar-refractivity contribution in [3.05, 3.63) is 18.2 Å². The van der Waals surface area contributed by atoms with E-state index in [-0.39, 0.29) is 6.17 Å². The van der Waals surface area contributed by atoms with Gasteiger partial charge in [0, 0.05) is 43.2 Å². The fourth-order valence-corrected chi connectivity index (χ4v) is 3.86. The van der Waals surface area contributed by atoms with Crippen LogP contribution in [0.2, 0.25) is 0 Å². The van der Waals surface area contributed by atoms with Crippen molar-refractivity contribution in [2.75, 3.05) is 45.7 Å². The Bertz CT molecular complexity index is 676. The van der Waals surface area contributed by atoms with Crippen molar-refractivity contribution in [3.63, 3.8) is 0 Å². The highest BCUT2D eigenvalue weighted by Gasteiger charge is 2.34. The fraction of sp³-hybridized carbons (Fsp3) is 0.650. The molecule has 7 heteroatoms. The summed E-state index contributed by atoms with van der Waals surface area (Å²) in [5.41, 5.74) is 0.944. The zero-order chi connectivity index (χ0) is 18.6. The molecule has 0 aromatic heterocycles. The van der Waals surface area contributed by atoms with Gasteiger partial charge in [-0.3, -0.25) is 9.89 Å². The number of rotatable bonds is 7. The van der Waals surface area contributed by atoms with E-state index in [2.05, 4.69) is 25.8 Å². The lowest BCUT2D eigenvalue weighted by Gasteiger charge is -2.25. The summed E-state index contributed by atoms with van der Waals surface area (Å²) in [7, 11) is 3.64. The lowest BCUT2D eigenvalue weighted by Crippen LogP contribution is -2.49. The molecule has 0 bridgehead atoms. The Morgan fingerprint density at radius 2 is 2.11 bits per heavy atom. The first kappa shape index (κ1) is 18.4. The summed E-state index contributed by atoms with van der Waals surface area (Å²) in [5, 5.41) is 9.93. The highest BCUT2D eigenvalue weighted by Crippen LogP contribution is 2.34. The average molecular weight is 374 g/mol. The number of hydrogen-bond donors (Lipinski definition) is 3. The molecule has 1 aromatic rings. The molecule has 3 aliphatic rings. The van der Waals surface area contributed by atoms with Gasteiger partial charge in [-0.15, -0.1) is 0 Å². The Balaban J connectivity index is 1.36. The minimum Gasteiger partial charge on any atom is -0.493 e. The largest absolute Gasteiger partial charge is 0.493 e. The zero-order valence-corrected chi connectivity index (χ0v) is 16.3.